The van der Waals surface area contributed by atoms with Crippen LogP contribution in [0.2, 0.25) is 0 Å². The van der Waals surface area contributed by atoms with Crippen LogP contribution in [-0.4, -0.2) is 19.1 Å². The second-order valence-electron chi connectivity index (χ2n) is 7.65. The van der Waals surface area contributed by atoms with Crippen molar-refractivity contribution in [3.05, 3.63) is 89.5 Å². The first kappa shape index (κ1) is 21.4. The van der Waals surface area contributed by atoms with Gasteiger partial charge in [0.2, 0.25) is 5.91 Å². The molecule has 0 saturated heterocycles. The first-order valence-electron chi connectivity index (χ1n) is 10.2. The quantitative estimate of drug-likeness (QED) is 0.505. The number of carbonyl (C=O) groups is 1. The molecule has 4 heteroatoms. The van der Waals surface area contributed by atoms with Crippen molar-refractivity contribution in [1.82, 2.24) is 0 Å². The third-order valence-electron chi connectivity index (χ3n) is 4.90. The highest BCUT2D eigenvalue weighted by atomic mass is 16.5. The van der Waals surface area contributed by atoms with Crippen molar-refractivity contribution < 1.29 is 14.3 Å². The van der Waals surface area contributed by atoms with Gasteiger partial charge in [0.15, 0.2) is 0 Å². The molecule has 0 unspecified atom stereocenters. The van der Waals surface area contributed by atoms with Gasteiger partial charge in [0, 0.05) is 12.3 Å². The van der Waals surface area contributed by atoms with Gasteiger partial charge in [-0.15, -0.1) is 0 Å². The Hall–Kier alpha value is -3.27. The van der Waals surface area contributed by atoms with Crippen molar-refractivity contribution in [3.63, 3.8) is 0 Å². The van der Waals surface area contributed by atoms with E-state index in [2.05, 4.69) is 36.5 Å². The molecule has 3 aromatic rings. The minimum absolute atomic E-state index is 0.0617. The van der Waals surface area contributed by atoms with Crippen LogP contribution in [0.5, 0.6) is 11.5 Å². The van der Waals surface area contributed by atoms with E-state index in [-0.39, 0.29) is 17.9 Å². The van der Waals surface area contributed by atoms with Crippen molar-refractivity contribution in [3.8, 4) is 11.5 Å². The summed E-state index contributed by atoms with van der Waals surface area (Å²) in [5.41, 5.74) is 4.04. The number of benzene rings is 3. The molecule has 0 aliphatic rings. The van der Waals surface area contributed by atoms with Crippen molar-refractivity contribution in [2.24, 2.45) is 0 Å². The lowest BCUT2D eigenvalue weighted by molar-refractivity contribution is -0.116. The van der Waals surface area contributed by atoms with E-state index in [0.717, 1.165) is 16.9 Å². The Labute approximate surface area is 178 Å². The maximum Gasteiger partial charge on any atom is 0.225 e. The molecular weight excluding hydrogens is 374 g/mol. The highest BCUT2D eigenvalue weighted by Crippen LogP contribution is 2.31. The number of nitrogens with one attached hydrogen (secondary N) is 1. The summed E-state index contributed by atoms with van der Waals surface area (Å²) < 4.78 is 11.1. The van der Waals surface area contributed by atoms with Crippen LogP contribution in [0.1, 0.15) is 42.9 Å². The molecule has 0 heterocycles. The van der Waals surface area contributed by atoms with Gasteiger partial charge < -0.3 is 14.8 Å². The molecule has 4 nitrogen and oxygen atoms in total. The molecule has 0 aromatic heterocycles. The topological polar surface area (TPSA) is 47.6 Å². The van der Waals surface area contributed by atoms with Crippen LogP contribution in [-0.2, 0) is 4.79 Å². The first-order chi connectivity index (χ1) is 14.5. The highest BCUT2D eigenvalue weighted by Gasteiger charge is 2.19. The summed E-state index contributed by atoms with van der Waals surface area (Å²) in [6.45, 7) is 6.07. The van der Waals surface area contributed by atoms with Gasteiger partial charge in [-0.1, -0.05) is 54.1 Å². The van der Waals surface area contributed by atoms with Crippen molar-refractivity contribution in [1.29, 1.82) is 0 Å². The van der Waals surface area contributed by atoms with E-state index in [4.69, 9.17) is 9.47 Å². The van der Waals surface area contributed by atoms with E-state index in [0.29, 0.717) is 17.9 Å². The highest BCUT2D eigenvalue weighted by molar-refractivity contribution is 5.93. The Morgan fingerprint density at radius 1 is 0.900 bits per heavy atom. The number of hydrogen-bond donors (Lipinski definition) is 1. The van der Waals surface area contributed by atoms with Gasteiger partial charge in [-0.2, -0.15) is 0 Å². The van der Waals surface area contributed by atoms with Gasteiger partial charge in [-0.25, -0.2) is 0 Å². The third-order valence-corrected chi connectivity index (χ3v) is 4.90. The number of anilines is 1. The van der Waals surface area contributed by atoms with E-state index in [1.54, 1.807) is 7.11 Å². The molecule has 1 N–H and O–H groups in total. The third kappa shape index (κ3) is 5.63. The number of ether oxygens (including phenoxy) is 2. The lowest BCUT2D eigenvalue weighted by Crippen LogP contribution is -2.17. The lowest BCUT2D eigenvalue weighted by Gasteiger charge is -2.19. The zero-order valence-corrected chi connectivity index (χ0v) is 18.0. The van der Waals surface area contributed by atoms with Crippen molar-refractivity contribution in [2.45, 2.75) is 39.2 Å². The average molecular weight is 404 g/mol. The lowest BCUT2D eigenvalue weighted by atomic mass is 9.87. The molecule has 30 heavy (non-hydrogen) atoms. The Morgan fingerprint density at radius 3 is 2.10 bits per heavy atom. The fourth-order valence-electron chi connectivity index (χ4n) is 3.41. The van der Waals surface area contributed by atoms with Crippen LogP contribution in [0.25, 0.3) is 0 Å². The molecule has 0 spiro atoms. The Morgan fingerprint density at radius 2 is 1.50 bits per heavy atom. The van der Waals surface area contributed by atoms with Gasteiger partial charge in [-0.3, -0.25) is 4.79 Å². The summed E-state index contributed by atoms with van der Waals surface area (Å²) in [4.78, 5) is 12.9. The van der Waals surface area contributed by atoms with Crippen molar-refractivity contribution >= 4 is 11.6 Å². The zero-order valence-electron chi connectivity index (χ0n) is 18.0. The van der Waals surface area contributed by atoms with Crippen LogP contribution in [0.3, 0.4) is 0 Å². The molecule has 0 radical (unpaired) electrons. The summed E-state index contributed by atoms with van der Waals surface area (Å²) in [6, 6.07) is 23.8. The summed E-state index contributed by atoms with van der Waals surface area (Å²) in [7, 11) is 1.60. The van der Waals surface area contributed by atoms with Gasteiger partial charge in [0.1, 0.15) is 11.5 Å². The molecule has 0 aliphatic carbocycles. The molecule has 1 atom stereocenters. The maximum atomic E-state index is 12.9. The molecule has 0 fully saturated rings. The Balaban J connectivity index is 1.84. The summed E-state index contributed by atoms with van der Waals surface area (Å²) in [5.74, 6) is 1.35. The fraction of sp³-hybridized carbons (Fsp3) is 0.269. The summed E-state index contributed by atoms with van der Waals surface area (Å²) in [6.07, 6.45) is 0.446. The van der Waals surface area contributed by atoms with Gasteiger partial charge in [0.25, 0.3) is 0 Å². The molecule has 0 saturated carbocycles. The first-order valence-corrected chi connectivity index (χ1v) is 10.2. The number of methoxy groups -OCH3 is 1. The molecule has 3 aromatic carbocycles. The summed E-state index contributed by atoms with van der Waals surface area (Å²) in [5, 5.41) is 2.99. The molecule has 156 valence electrons. The predicted octanol–water partition coefficient (Wildman–Crippen LogP) is 5.95. The zero-order chi connectivity index (χ0) is 21.5. The van der Waals surface area contributed by atoms with Crippen LogP contribution in [0.4, 0.5) is 5.69 Å². The van der Waals surface area contributed by atoms with Gasteiger partial charge in [0.05, 0.1) is 18.9 Å². The van der Waals surface area contributed by atoms with Crippen molar-refractivity contribution in [2.75, 3.05) is 12.4 Å². The number of hydrogen-bond acceptors (Lipinski definition) is 3. The minimum atomic E-state index is -0.0624. The Kier molecular flexibility index (Phi) is 7.12. The normalized spacial score (nSPS) is 11.8. The predicted molar refractivity (Wildman–Crippen MR) is 121 cm³/mol. The summed E-state index contributed by atoms with van der Waals surface area (Å²) >= 11 is 0. The van der Waals surface area contributed by atoms with E-state index in [1.807, 2.05) is 62.4 Å². The SMILES string of the molecule is COc1ccccc1NC(=O)C[C@@H](c1ccc(C)cc1)c1ccc(OC(C)C)cc1. The molecule has 1 amide bonds. The maximum absolute atomic E-state index is 12.9. The molecule has 0 bridgehead atoms. The van der Waals surface area contributed by atoms with E-state index in [1.165, 1.54) is 5.56 Å². The Bertz CT molecular complexity index is 962. The second-order valence-corrected chi connectivity index (χ2v) is 7.65. The number of para-hydroxylation sites is 2. The van der Waals surface area contributed by atoms with E-state index < -0.39 is 0 Å². The van der Waals surface area contributed by atoms with E-state index >= 15 is 0 Å². The largest absolute Gasteiger partial charge is 0.495 e. The molecule has 0 aliphatic heterocycles. The van der Waals surface area contributed by atoms with Crippen LogP contribution in [0.15, 0.2) is 72.8 Å². The molecule has 3 rings (SSSR count). The van der Waals surface area contributed by atoms with Gasteiger partial charge >= 0.3 is 0 Å². The van der Waals surface area contributed by atoms with Gasteiger partial charge in [-0.05, 0) is 56.2 Å². The second kappa shape index (κ2) is 9.97. The number of carbonyl (C=O) groups excluding carboxylic acids is 1. The number of rotatable bonds is 8. The fourth-order valence-corrected chi connectivity index (χ4v) is 3.41. The van der Waals surface area contributed by atoms with E-state index in [9.17, 15) is 4.79 Å². The van der Waals surface area contributed by atoms with Crippen LogP contribution >= 0.6 is 0 Å². The average Bonchev–Trinajstić information content (AvgIpc) is 2.73. The van der Waals surface area contributed by atoms with Crippen LogP contribution < -0.4 is 14.8 Å². The monoisotopic (exact) mass is 403 g/mol. The number of aryl methyl sites for hydroxylation is 1. The smallest absolute Gasteiger partial charge is 0.225 e. The molecular formula is C26H29NO3. The van der Waals surface area contributed by atoms with Crippen LogP contribution in [0, 0.1) is 6.92 Å². The minimum Gasteiger partial charge on any atom is -0.495 e. The standard InChI is InChI=1S/C26H29NO3/c1-18(2)30-22-15-13-21(14-16-22)23(20-11-9-19(3)10-12-20)17-26(28)27-24-7-5-6-8-25(24)29-4/h5-16,18,23H,17H2,1-4H3,(H,27,28)/t23-/m0/s1. The number of amides is 1.